The number of hydrogen-bond acceptors (Lipinski definition) is 8. The quantitative estimate of drug-likeness (QED) is 0.113. The van der Waals surface area contributed by atoms with Gasteiger partial charge in [0, 0.05) is 30.5 Å². The number of carbonyl (C=O) groups is 5. The highest BCUT2D eigenvalue weighted by Crippen LogP contribution is 2.21. The van der Waals surface area contributed by atoms with E-state index in [1.165, 1.54) is 32.0 Å². The molecule has 0 radical (unpaired) electrons. The SMILES string of the molecule is CCS(=O)(=O)Nc1cc(C(=O)NC(C)c2ccccc2)cc(C(=O)NC(CC(C)C)C(O)CC(NC(C)=O)C(=O)NC(C(=O)NC(C)C)C(C)C)c1. The summed E-state index contributed by atoms with van der Waals surface area (Å²) in [7, 11) is -3.78. The van der Waals surface area contributed by atoms with Crippen LogP contribution in [-0.2, 0) is 24.4 Å². The van der Waals surface area contributed by atoms with Crippen molar-refractivity contribution in [3.05, 3.63) is 65.2 Å². The minimum Gasteiger partial charge on any atom is -0.391 e. The first-order chi connectivity index (χ1) is 24.2. The van der Waals surface area contributed by atoms with E-state index in [9.17, 15) is 37.5 Å². The molecule has 7 N–H and O–H groups in total. The second-order valence-electron chi connectivity index (χ2n) is 14.1. The van der Waals surface area contributed by atoms with Crippen molar-refractivity contribution in [1.29, 1.82) is 0 Å². The molecule has 0 saturated carbocycles. The van der Waals surface area contributed by atoms with E-state index in [0.29, 0.717) is 0 Å². The van der Waals surface area contributed by atoms with Crippen molar-refractivity contribution >= 4 is 45.2 Å². The van der Waals surface area contributed by atoms with Gasteiger partial charge in [-0.3, -0.25) is 28.7 Å². The Bertz CT molecular complexity index is 1650. The van der Waals surface area contributed by atoms with Gasteiger partial charge in [-0.1, -0.05) is 58.0 Å². The van der Waals surface area contributed by atoms with Gasteiger partial charge in [0.25, 0.3) is 11.8 Å². The van der Waals surface area contributed by atoms with Crippen molar-refractivity contribution in [3.63, 3.8) is 0 Å². The molecule has 5 amide bonds. The zero-order chi connectivity index (χ0) is 39.3. The second kappa shape index (κ2) is 19.9. The van der Waals surface area contributed by atoms with E-state index in [4.69, 9.17) is 0 Å². The van der Waals surface area contributed by atoms with Crippen LogP contribution in [0.1, 0.15) is 107 Å². The Morgan fingerprint density at radius 3 is 1.81 bits per heavy atom. The Balaban J connectivity index is 2.41. The highest BCUT2D eigenvalue weighted by molar-refractivity contribution is 7.92. The summed E-state index contributed by atoms with van der Waals surface area (Å²) in [5, 5.41) is 25.1. The summed E-state index contributed by atoms with van der Waals surface area (Å²) in [6.07, 6.45) is -1.40. The number of aliphatic hydroxyl groups is 1. The molecule has 5 atom stereocenters. The van der Waals surface area contributed by atoms with E-state index >= 15 is 0 Å². The summed E-state index contributed by atoms with van der Waals surface area (Å²) in [6, 6.07) is 9.50. The molecule has 5 unspecified atom stereocenters. The molecule has 288 valence electrons. The zero-order valence-electron chi connectivity index (χ0n) is 31.6. The van der Waals surface area contributed by atoms with E-state index in [1.807, 2.05) is 44.2 Å². The molecule has 14 nitrogen and oxygen atoms in total. The Kier molecular flexibility index (Phi) is 16.7. The lowest BCUT2D eigenvalue weighted by Gasteiger charge is -2.30. The normalized spacial score (nSPS) is 14.5. The standard InChI is InChI=1S/C37H56N6O8S/c1-10-52(50,51)43-29-18-27(34(46)39-24(8)26-14-12-11-13-15-26)17-28(19-29)35(47)41-30(16-21(2)3)32(45)20-31(40-25(9)44)36(48)42-33(22(4)5)37(49)38-23(6)7/h11-15,17-19,21-24,30-33,43,45H,10,16,20H2,1-9H3,(H,38,49)(H,39,46)(H,40,44)(H,41,47)(H,42,48). The van der Waals surface area contributed by atoms with Crippen LogP contribution in [0.2, 0.25) is 0 Å². The molecule has 0 aliphatic carbocycles. The molecule has 2 rings (SSSR count). The number of anilines is 1. The summed E-state index contributed by atoms with van der Waals surface area (Å²) in [6.45, 7) is 15.3. The Morgan fingerprint density at radius 1 is 0.731 bits per heavy atom. The van der Waals surface area contributed by atoms with Crippen molar-refractivity contribution in [2.45, 2.75) is 111 Å². The summed E-state index contributed by atoms with van der Waals surface area (Å²) in [5.74, 6) is -3.45. The van der Waals surface area contributed by atoms with Crippen molar-refractivity contribution in [2.24, 2.45) is 11.8 Å². The van der Waals surface area contributed by atoms with Gasteiger partial charge in [0.1, 0.15) is 12.1 Å². The van der Waals surface area contributed by atoms with Crippen LogP contribution in [-0.4, -0.2) is 79.1 Å². The fourth-order valence-corrected chi connectivity index (χ4v) is 6.04. The topological polar surface area (TPSA) is 212 Å². The summed E-state index contributed by atoms with van der Waals surface area (Å²) in [4.78, 5) is 65.6. The number of amides is 5. The number of benzene rings is 2. The third-order valence-corrected chi connectivity index (χ3v) is 9.42. The van der Waals surface area contributed by atoms with E-state index in [-0.39, 0.29) is 53.3 Å². The van der Waals surface area contributed by atoms with E-state index in [2.05, 4.69) is 31.3 Å². The van der Waals surface area contributed by atoms with Crippen LogP contribution in [0, 0.1) is 11.8 Å². The molecule has 0 bridgehead atoms. The van der Waals surface area contributed by atoms with Gasteiger partial charge in [-0.2, -0.15) is 0 Å². The number of nitrogens with one attached hydrogen (secondary N) is 6. The molecular formula is C37H56N6O8S. The lowest BCUT2D eigenvalue weighted by atomic mass is 9.93. The molecule has 0 aliphatic rings. The summed E-state index contributed by atoms with van der Waals surface area (Å²) < 4.78 is 27.3. The van der Waals surface area contributed by atoms with Gasteiger partial charge in [0.2, 0.25) is 27.7 Å². The first kappa shape index (κ1) is 43.7. The molecule has 52 heavy (non-hydrogen) atoms. The van der Waals surface area contributed by atoms with Gasteiger partial charge >= 0.3 is 0 Å². The number of carbonyl (C=O) groups excluding carboxylic acids is 5. The Morgan fingerprint density at radius 2 is 1.31 bits per heavy atom. The van der Waals surface area contributed by atoms with Gasteiger partial charge < -0.3 is 31.7 Å². The predicted octanol–water partition coefficient (Wildman–Crippen LogP) is 3.00. The molecule has 0 heterocycles. The van der Waals surface area contributed by atoms with Crippen molar-refractivity contribution in [2.75, 3.05) is 10.5 Å². The predicted molar refractivity (Wildman–Crippen MR) is 201 cm³/mol. The van der Waals surface area contributed by atoms with Crippen LogP contribution in [0.15, 0.2) is 48.5 Å². The Labute approximate surface area is 307 Å². The van der Waals surface area contributed by atoms with Crippen LogP contribution in [0.3, 0.4) is 0 Å². The van der Waals surface area contributed by atoms with E-state index in [0.717, 1.165) is 5.56 Å². The molecule has 2 aromatic rings. The van der Waals surface area contributed by atoms with Crippen LogP contribution in [0.5, 0.6) is 0 Å². The molecule has 0 spiro atoms. The lowest BCUT2D eigenvalue weighted by Crippen LogP contribution is -2.57. The smallest absolute Gasteiger partial charge is 0.251 e. The molecule has 15 heteroatoms. The van der Waals surface area contributed by atoms with Gasteiger partial charge in [-0.25, -0.2) is 8.42 Å². The van der Waals surface area contributed by atoms with Gasteiger partial charge in [0.05, 0.1) is 29.6 Å². The molecular weight excluding hydrogens is 689 g/mol. The highest BCUT2D eigenvalue weighted by Gasteiger charge is 2.33. The van der Waals surface area contributed by atoms with E-state index in [1.54, 1.807) is 34.6 Å². The second-order valence-corrected chi connectivity index (χ2v) is 16.1. The molecule has 0 fully saturated rings. The maximum Gasteiger partial charge on any atom is 0.251 e. The van der Waals surface area contributed by atoms with Gasteiger partial charge in [0.15, 0.2) is 0 Å². The van der Waals surface area contributed by atoms with Crippen LogP contribution >= 0.6 is 0 Å². The van der Waals surface area contributed by atoms with Gasteiger partial charge in [-0.15, -0.1) is 0 Å². The number of sulfonamides is 1. The van der Waals surface area contributed by atoms with Crippen molar-refractivity contribution < 1.29 is 37.5 Å². The molecule has 2 aromatic carbocycles. The first-order valence-corrected chi connectivity index (χ1v) is 19.3. The minimum atomic E-state index is -3.78. The largest absolute Gasteiger partial charge is 0.391 e. The number of rotatable bonds is 19. The Hall–Kier alpha value is -4.50. The number of aliphatic hydroxyl groups excluding tert-OH is 1. The third kappa shape index (κ3) is 14.3. The zero-order valence-corrected chi connectivity index (χ0v) is 32.4. The minimum absolute atomic E-state index is 0.00317. The van der Waals surface area contributed by atoms with Crippen molar-refractivity contribution in [3.8, 4) is 0 Å². The molecule has 0 saturated heterocycles. The van der Waals surface area contributed by atoms with Crippen molar-refractivity contribution in [1.82, 2.24) is 26.6 Å². The average Bonchev–Trinajstić information content (AvgIpc) is 3.05. The third-order valence-electron chi connectivity index (χ3n) is 8.11. The monoisotopic (exact) mass is 744 g/mol. The fraction of sp³-hybridized carbons (Fsp3) is 0.541. The van der Waals surface area contributed by atoms with Crippen LogP contribution in [0.25, 0.3) is 0 Å². The number of hydrogen-bond donors (Lipinski definition) is 7. The lowest BCUT2D eigenvalue weighted by molar-refractivity contribution is -0.133. The molecule has 0 aromatic heterocycles. The molecule has 0 aliphatic heterocycles. The average molecular weight is 745 g/mol. The van der Waals surface area contributed by atoms with Crippen LogP contribution in [0.4, 0.5) is 5.69 Å². The van der Waals surface area contributed by atoms with E-state index < -0.39 is 69.8 Å². The fourth-order valence-electron chi connectivity index (χ4n) is 5.42. The van der Waals surface area contributed by atoms with Gasteiger partial charge in [-0.05, 0) is 69.7 Å². The first-order valence-electron chi connectivity index (χ1n) is 17.6. The van der Waals surface area contributed by atoms with Crippen LogP contribution < -0.4 is 31.3 Å². The highest BCUT2D eigenvalue weighted by atomic mass is 32.2. The maximum absolute atomic E-state index is 13.8. The summed E-state index contributed by atoms with van der Waals surface area (Å²) in [5.41, 5.74) is 0.805. The maximum atomic E-state index is 13.8. The summed E-state index contributed by atoms with van der Waals surface area (Å²) >= 11 is 0.